The van der Waals surface area contributed by atoms with Crippen LogP contribution in [0, 0.1) is 0 Å². The predicted octanol–water partition coefficient (Wildman–Crippen LogP) is 3.35. The van der Waals surface area contributed by atoms with Gasteiger partial charge in [-0.05, 0) is 31.2 Å². The predicted molar refractivity (Wildman–Crippen MR) is 99.0 cm³/mol. The maximum atomic E-state index is 12.3. The van der Waals surface area contributed by atoms with Crippen molar-refractivity contribution in [2.75, 3.05) is 6.54 Å². The van der Waals surface area contributed by atoms with E-state index in [-0.39, 0.29) is 18.9 Å². The van der Waals surface area contributed by atoms with Gasteiger partial charge < -0.3 is 14.8 Å². The number of hydrogen-bond donors (Lipinski definition) is 2. The molecule has 2 N–H and O–H groups in total. The Bertz CT molecular complexity index is 905. The van der Waals surface area contributed by atoms with Crippen molar-refractivity contribution in [3.8, 4) is 11.3 Å². The van der Waals surface area contributed by atoms with Crippen molar-refractivity contribution in [2.45, 2.75) is 19.4 Å². The van der Waals surface area contributed by atoms with Crippen LogP contribution in [0.5, 0.6) is 0 Å². The highest BCUT2D eigenvalue weighted by atomic mass is 35.5. The SMILES string of the molecule is CC(O)CNC(=O)Cc1c(-c2ccc(Cl)cc2)nc2ccc(Cl)cn12. The van der Waals surface area contributed by atoms with Crippen molar-refractivity contribution in [1.82, 2.24) is 14.7 Å². The van der Waals surface area contributed by atoms with Gasteiger partial charge in [0, 0.05) is 23.3 Å². The summed E-state index contributed by atoms with van der Waals surface area (Å²) in [5.41, 5.74) is 2.99. The molecule has 0 aliphatic carbocycles. The van der Waals surface area contributed by atoms with Gasteiger partial charge in [0.2, 0.25) is 5.91 Å². The molecule has 0 aliphatic rings. The Morgan fingerprint density at radius 1 is 1.20 bits per heavy atom. The summed E-state index contributed by atoms with van der Waals surface area (Å²) in [5, 5.41) is 13.2. The number of rotatable bonds is 5. The van der Waals surface area contributed by atoms with Gasteiger partial charge in [0.15, 0.2) is 0 Å². The van der Waals surface area contributed by atoms with Crippen LogP contribution >= 0.6 is 23.2 Å². The highest BCUT2D eigenvalue weighted by Gasteiger charge is 2.17. The number of aromatic nitrogens is 2. The first-order valence-electron chi connectivity index (χ1n) is 7.81. The van der Waals surface area contributed by atoms with Gasteiger partial charge in [-0.1, -0.05) is 35.3 Å². The molecule has 7 heteroatoms. The van der Waals surface area contributed by atoms with E-state index in [1.807, 2.05) is 16.5 Å². The molecule has 3 rings (SSSR count). The number of nitrogens with zero attached hydrogens (tertiary/aromatic N) is 2. The number of imidazole rings is 1. The molecule has 0 bridgehead atoms. The Morgan fingerprint density at radius 2 is 1.88 bits per heavy atom. The standard InChI is InChI=1S/C18H17Cl2N3O2/c1-11(24)9-21-17(25)8-15-18(12-2-4-13(19)5-3-12)22-16-7-6-14(20)10-23(15)16/h2-7,10-11,24H,8-9H2,1H3,(H,21,25). The molecule has 0 saturated carbocycles. The number of carbonyl (C=O) groups is 1. The molecule has 3 aromatic rings. The maximum absolute atomic E-state index is 12.3. The summed E-state index contributed by atoms with van der Waals surface area (Å²) < 4.78 is 1.81. The van der Waals surface area contributed by atoms with Crippen LogP contribution in [-0.4, -0.2) is 33.0 Å². The zero-order valence-electron chi connectivity index (χ0n) is 13.5. The Kier molecular flexibility index (Phi) is 5.27. The quantitative estimate of drug-likeness (QED) is 0.716. The minimum Gasteiger partial charge on any atom is -0.392 e. The molecule has 1 aromatic carbocycles. The minimum absolute atomic E-state index is 0.117. The fourth-order valence-electron chi connectivity index (χ4n) is 2.55. The van der Waals surface area contributed by atoms with Crippen LogP contribution in [0.25, 0.3) is 16.9 Å². The first-order chi connectivity index (χ1) is 11.9. The van der Waals surface area contributed by atoms with E-state index in [0.29, 0.717) is 21.4 Å². The molecule has 5 nitrogen and oxygen atoms in total. The van der Waals surface area contributed by atoms with Gasteiger partial charge >= 0.3 is 0 Å². The minimum atomic E-state index is -0.601. The zero-order chi connectivity index (χ0) is 18.0. The largest absolute Gasteiger partial charge is 0.392 e. The summed E-state index contributed by atoms with van der Waals surface area (Å²) in [6.45, 7) is 1.82. The van der Waals surface area contributed by atoms with Gasteiger partial charge in [0.25, 0.3) is 0 Å². The van der Waals surface area contributed by atoms with Crippen LogP contribution in [0.15, 0.2) is 42.6 Å². The number of nitrogens with one attached hydrogen (secondary N) is 1. The first-order valence-corrected chi connectivity index (χ1v) is 8.57. The molecule has 2 aromatic heterocycles. The Morgan fingerprint density at radius 3 is 2.56 bits per heavy atom. The average molecular weight is 378 g/mol. The second-order valence-electron chi connectivity index (χ2n) is 5.82. The van der Waals surface area contributed by atoms with Crippen molar-refractivity contribution in [2.24, 2.45) is 0 Å². The number of aliphatic hydroxyl groups excluding tert-OH is 1. The number of pyridine rings is 1. The molecule has 0 fully saturated rings. The van der Waals surface area contributed by atoms with Crippen LogP contribution in [-0.2, 0) is 11.2 Å². The fourth-order valence-corrected chi connectivity index (χ4v) is 2.84. The number of halogens is 2. The maximum Gasteiger partial charge on any atom is 0.226 e. The highest BCUT2D eigenvalue weighted by Crippen LogP contribution is 2.27. The van der Waals surface area contributed by atoms with E-state index in [4.69, 9.17) is 23.2 Å². The smallest absolute Gasteiger partial charge is 0.226 e. The van der Waals surface area contributed by atoms with Gasteiger partial charge in [-0.25, -0.2) is 4.98 Å². The Balaban J connectivity index is 2.03. The third-order valence-electron chi connectivity index (χ3n) is 3.72. The van der Waals surface area contributed by atoms with Gasteiger partial charge in [-0.2, -0.15) is 0 Å². The number of benzene rings is 1. The molecule has 1 atom stereocenters. The lowest BCUT2D eigenvalue weighted by molar-refractivity contribution is -0.120. The fraction of sp³-hybridized carbons (Fsp3) is 0.222. The van der Waals surface area contributed by atoms with Gasteiger partial charge in [-0.3, -0.25) is 4.79 Å². The van der Waals surface area contributed by atoms with Gasteiger partial charge in [0.1, 0.15) is 5.65 Å². The third-order valence-corrected chi connectivity index (χ3v) is 4.20. The third kappa shape index (κ3) is 4.12. The molecular formula is C18H17Cl2N3O2. The summed E-state index contributed by atoms with van der Waals surface area (Å²) in [6, 6.07) is 10.9. The van der Waals surface area contributed by atoms with E-state index >= 15 is 0 Å². The highest BCUT2D eigenvalue weighted by molar-refractivity contribution is 6.30. The van der Waals surface area contributed by atoms with Crippen LogP contribution in [0.3, 0.4) is 0 Å². The molecular weight excluding hydrogens is 361 g/mol. The van der Waals surface area contributed by atoms with Crippen molar-refractivity contribution in [1.29, 1.82) is 0 Å². The van der Waals surface area contributed by atoms with Crippen LogP contribution in [0.2, 0.25) is 10.0 Å². The van der Waals surface area contributed by atoms with Crippen molar-refractivity contribution in [3.05, 3.63) is 58.3 Å². The number of aliphatic hydroxyl groups is 1. The molecule has 1 unspecified atom stereocenters. The molecule has 1 amide bonds. The molecule has 0 radical (unpaired) electrons. The zero-order valence-corrected chi connectivity index (χ0v) is 15.1. The van der Waals surface area contributed by atoms with Crippen LogP contribution < -0.4 is 5.32 Å². The van der Waals surface area contributed by atoms with E-state index in [0.717, 1.165) is 11.3 Å². The topological polar surface area (TPSA) is 66.6 Å². The van der Waals surface area contributed by atoms with Crippen molar-refractivity contribution >= 4 is 34.8 Å². The summed E-state index contributed by atoms with van der Waals surface area (Å²) in [4.78, 5) is 16.9. The molecule has 0 spiro atoms. The van der Waals surface area contributed by atoms with Gasteiger partial charge in [-0.15, -0.1) is 0 Å². The van der Waals surface area contributed by atoms with E-state index in [2.05, 4.69) is 10.3 Å². The lowest BCUT2D eigenvalue weighted by Crippen LogP contribution is -2.32. The van der Waals surface area contributed by atoms with E-state index in [9.17, 15) is 9.90 Å². The Hall–Kier alpha value is -2.08. The molecule has 130 valence electrons. The van der Waals surface area contributed by atoms with E-state index < -0.39 is 6.10 Å². The number of amides is 1. The van der Waals surface area contributed by atoms with Crippen LogP contribution in [0.4, 0.5) is 0 Å². The van der Waals surface area contributed by atoms with E-state index in [1.54, 1.807) is 37.4 Å². The van der Waals surface area contributed by atoms with E-state index in [1.165, 1.54) is 0 Å². The van der Waals surface area contributed by atoms with Crippen molar-refractivity contribution < 1.29 is 9.90 Å². The number of carbonyl (C=O) groups excluding carboxylic acids is 1. The lowest BCUT2D eigenvalue weighted by atomic mass is 10.1. The summed E-state index contributed by atoms with van der Waals surface area (Å²) in [6.07, 6.45) is 1.25. The second kappa shape index (κ2) is 7.44. The molecule has 25 heavy (non-hydrogen) atoms. The number of fused-ring (bicyclic) bond motifs is 1. The summed E-state index contributed by atoms with van der Waals surface area (Å²) in [7, 11) is 0. The van der Waals surface area contributed by atoms with Crippen LogP contribution in [0.1, 0.15) is 12.6 Å². The molecule has 0 saturated heterocycles. The lowest BCUT2D eigenvalue weighted by Gasteiger charge is -2.09. The Labute approximate surface area is 155 Å². The van der Waals surface area contributed by atoms with Gasteiger partial charge in [0.05, 0.1) is 28.9 Å². The molecule has 2 heterocycles. The molecule has 0 aliphatic heterocycles. The summed E-state index contributed by atoms with van der Waals surface area (Å²) >= 11 is 12.1. The number of hydrogen-bond acceptors (Lipinski definition) is 3. The second-order valence-corrected chi connectivity index (χ2v) is 6.69. The van der Waals surface area contributed by atoms with Crippen molar-refractivity contribution in [3.63, 3.8) is 0 Å². The normalized spacial score (nSPS) is 12.3. The monoisotopic (exact) mass is 377 g/mol. The summed E-state index contributed by atoms with van der Waals surface area (Å²) in [5.74, 6) is -0.196. The average Bonchev–Trinajstić information content (AvgIpc) is 2.91. The first kappa shape index (κ1) is 17.7.